The molecule has 0 saturated carbocycles. The largest absolute Gasteiger partial charge is 0.508 e. The van der Waals surface area contributed by atoms with Crippen LogP contribution < -0.4 is 26.6 Å². The Balaban J connectivity index is 1.62. The maximum absolute atomic E-state index is 14.3. The lowest BCUT2D eigenvalue weighted by Crippen LogP contribution is -2.64. The van der Waals surface area contributed by atoms with Gasteiger partial charge in [-0.1, -0.05) is 82.4 Å². The monoisotopic (exact) mass is 1060 g/mol. The van der Waals surface area contributed by atoms with Crippen LogP contribution in [0, 0.1) is 5.92 Å². The maximum Gasteiger partial charge on any atom is 0.248 e. The Labute approximate surface area is 437 Å². The van der Waals surface area contributed by atoms with Crippen LogP contribution in [0.15, 0.2) is 48.6 Å². The number of hydrogen-bond donors (Lipinski definition) is 14. The summed E-state index contributed by atoms with van der Waals surface area (Å²) in [7, 11) is 0. The van der Waals surface area contributed by atoms with Crippen LogP contribution in [-0.2, 0) is 33.6 Å². The summed E-state index contributed by atoms with van der Waals surface area (Å²) in [5.74, 6) is -8.97. The summed E-state index contributed by atoms with van der Waals surface area (Å²) in [6, 6.07) is -6.61. The average molecular weight is 1060 g/mol. The molecule has 1 aromatic carbocycles. The zero-order valence-corrected chi connectivity index (χ0v) is 43.4. The van der Waals surface area contributed by atoms with Gasteiger partial charge in [0, 0.05) is 38.3 Å². The van der Waals surface area contributed by atoms with Crippen LogP contribution in [0.5, 0.6) is 5.75 Å². The van der Waals surface area contributed by atoms with Crippen molar-refractivity contribution < 1.29 is 79.5 Å². The number of phenolic OH excluding ortho intramolecular Hbond substituents is 1. The summed E-state index contributed by atoms with van der Waals surface area (Å²) < 4.78 is 0. The lowest BCUT2D eigenvalue weighted by atomic mass is 9.96. The number of nitrogens with one attached hydrogen (secondary N) is 5. The number of unbranched alkanes of at least 4 members (excludes halogenated alkanes) is 8. The van der Waals surface area contributed by atoms with Crippen molar-refractivity contribution in [2.45, 2.75) is 203 Å². The van der Waals surface area contributed by atoms with E-state index in [9.17, 15) is 79.5 Å². The van der Waals surface area contributed by atoms with Gasteiger partial charge in [0.2, 0.25) is 41.4 Å². The highest BCUT2D eigenvalue weighted by Gasteiger charge is 2.50. The lowest BCUT2D eigenvalue weighted by molar-refractivity contribution is -0.148. The number of amides is 7. The van der Waals surface area contributed by atoms with Crippen molar-refractivity contribution >= 4 is 41.4 Å². The number of aliphatic hydroxyl groups is 8. The third-order valence-corrected chi connectivity index (χ3v) is 13.9. The van der Waals surface area contributed by atoms with Crippen molar-refractivity contribution in [2.24, 2.45) is 5.92 Å². The van der Waals surface area contributed by atoms with E-state index in [1.54, 1.807) is 0 Å². The van der Waals surface area contributed by atoms with Gasteiger partial charge in [-0.25, -0.2) is 0 Å². The first kappa shape index (κ1) is 62.0. The first-order chi connectivity index (χ1) is 35.6. The van der Waals surface area contributed by atoms with Gasteiger partial charge >= 0.3 is 0 Å². The number of aliphatic hydroxyl groups excluding tert-OH is 8. The number of phenols is 1. The number of allylic oxidation sites excluding steroid dienone is 4. The molecule has 420 valence electrons. The zero-order chi connectivity index (χ0) is 55.5. The van der Waals surface area contributed by atoms with Gasteiger partial charge in [0.25, 0.3) is 0 Å². The molecule has 4 rings (SSSR count). The summed E-state index contributed by atoms with van der Waals surface area (Å²) in [5.41, 5.74) is -0.0614. The molecule has 23 heteroatoms. The molecular weight excluding hydrogens is 979 g/mol. The highest BCUT2D eigenvalue weighted by atomic mass is 16.3. The minimum Gasteiger partial charge on any atom is -0.508 e. The molecule has 3 aliphatic heterocycles. The van der Waals surface area contributed by atoms with Gasteiger partial charge in [-0.3, -0.25) is 33.6 Å². The number of carbonyl (C=O) groups excluding carboxylic acids is 7. The summed E-state index contributed by atoms with van der Waals surface area (Å²) in [6.07, 6.45) is 2.50. The fourth-order valence-electron chi connectivity index (χ4n) is 9.39. The minimum atomic E-state index is -2.27. The number of fused-ring (bicyclic) bond motifs is 2. The number of carbonyl (C=O) groups is 7. The lowest BCUT2D eigenvalue weighted by Gasteiger charge is -2.34. The summed E-state index contributed by atoms with van der Waals surface area (Å²) in [5, 5.41) is 110. The highest BCUT2D eigenvalue weighted by molar-refractivity contribution is 5.98. The number of aromatic hydroxyl groups is 1. The normalized spacial score (nSPS) is 29.4. The molecule has 3 saturated heterocycles. The van der Waals surface area contributed by atoms with E-state index in [1.807, 2.05) is 0 Å². The van der Waals surface area contributed by atoms with Gasteiger partial charge in [-0.2, -0.15) is 0 Å². The van der Waals surface area contributed by atoms with Crippen molar-refractivity contribution in [2.75, 3.05) is 13.1 Å². The van der Waals surface area contributed by atoms with Gasteiger partial charge in [0.05, 0.1) is 24.4 Å². The molecule has 0 bridgehead atoms. The third-order valence-electron chi connectivity index (χ3n) is 13.9. The first-order valence-corrected chi connectivity index (χ1v) is 26.2. The second-order valence-electron chi connectivity index (χ2n) is 20.1. The van der Waals surface area contributed by atoms with Crippen molar-refractivity contribution in [3.05, 3.63) is 54.1 Å². The van der Waals surface area contributed by atoms with Crippen LogP contribution in [0.2, 0.25) is 0 Å². The second kappa shape index (κ2) is 30.3. The highest BCUT2D eigenvalue weighted by Crippen LogP contribution is 2.28. The van der Waals surface area contributed by atoms with Gasteiger partial charge in [-0.05, 0) is 70.1 Å². The van der Waals surface area contributed by atoms with Crippen LogP contribution in [-0.4, -0.2) is 189 Å². The van der Waals surface area contributed by atoms with Gasteiger partial charge in [0.15, 0.2) is 6.23 Å². The van der Waals surface area contributed by atoms with E-state index in [1.165, 1.54) is 38.3 Å². The summed E-state index contributed by atoms with van der Waals surface area (Å²) in [6.45, 7) is 4.97. The number of benzene rings is 1. The molecule has 1 aromatic rings. The first-order valence-electron chi connectivity index (χ1n) is 26.2. The molecule has 0 radical (unpaired) electrons. The number of nitrogens with zero attached hydrogens (tertiary/aromatic N) is 2. The Hall–Kier alpha value is -5.53. The van der Waals surface area contributed by atoms with Crippen LogP contribution >= 0.6 is 0 Å². The third kappa shape index (κ3) is 18.0. The molecule has 3 aliphatic rings. The molecule has 0 aromatic heterocycles. The predicted molar refractivity (Wildman–Crippen MR) is 271 cm³/mol. The smallest absolute Gasteiger partial charge is 0.248 e. The molecule has 7 amide bonds. The maximum atomic E-state index is 14.3. The van der Waals surface area contributed by atoms with E-state index < -0.39 is 152 Å². The van der Waals surface area contributed by atoms with E-state index in [-0.39, 0.29) is 24.3 Å². The summed E-state index contributed by atoms with van der Waals surface area (Å²) >= 11 is 0. The Kier molecular flexibility index (Phi) is 25.0. The molecule has 23 nitrogen and oxygen atoms in total. The SMILES string of the molecule is CCCCC/C=C\C/C=C\CCCCCCCC(=O)N[C@@H]1C[C@@H](O)[C@@H](O)NC(=O)[C@@H]2[C@@H](O)[C@@H](C)CN2C(=O)[C@H]([C@@H](C)O)NC(=O)[C@H]([C@H](O)[C@@H](O)c2ccc(O)cc2)NC(=O)[C@@H]2C[C@@H](O)CN2C(=O)[C@H]([C@@H](C)O)NC1=O. The van der Waals surface area contributed by atoms with E-state index in [2.05, 4.69) is 57.8 Å². The minimum absolute atomic E-state index is 0.0614. The zero-order valence-electron chi connectivity index (χ0n) is 43.4. The molecule has 0 spiro atoms. The topological polar surface area (TPSA) is 368 Å². The van der Waals surface area contributed by atoms with E-state index in [0.29, 0.717) is 12.8 Å². The van der Waals surface area contributed by atoms with Crippen molar-refractivity contribution in [3.63, 3.8) is 0 Å². The van der Waals surface area contributed by atoms with Crippen molar-refractivity contribution in [3.8, 4) is 5.75 Å². The Morgan fingerprint density at radius 2 is 1.24 bits per heavy atom. The molecule has 0 unspecified atom stereocenters. The molecule has 75 heavy (non-hydrogen) atoms. The van der Waals surface area contributed by atoms with Gasteiger partial charge < -0.3 is 82.3 Å². The average Bonchev–Trinajstić information content (AvgIpc) is 3.91. The van der Waals surface area contributed by atoms with Crippen LogP contribution in [0.4, 0.5) is 0 Å². The standard InChI is InChI=1S/C52H81N7O16/c1-5-6-7-8-9-10-11-12-13-14-15-16-17-18-19-20-38(65)53-35-26-37(64)48(71)57-50(73)42-43(66)29(2)27-59(42)52(75)40(31(4)61)55-49(72)41(45(68)44(67)32-21-23-33(62)24-22-32)56-47(70)36-25-34(63)28-58(36)51(74)39(30(3)60)54-46(35)69/h9-10,12-13,21-24,29-31,34-37,39-45,48,60-64,66-68,71H,5-8,11,14-20,25-28H2,1-4H3,(H,53,65)(H,54,69)(H,55,72)(H,56,70)(H,57,73)/b10-9-,13-12-/t29-,30+,31+,34+,35+,36-,37+,39-,40-,41-,42-,43-,44-,45-,48+/m0/s1. The van der Waals surface area contributed by atoms with Crippen LogP contribution in [0.1, 0.15) is 129 Å². The quantitative estimate of drug-likeness (QED) is 0.0531. The fraction of sp³-hybridized carbons (Fsp3) is 0.673. The molecule has 0 aliphatic carbocycles. The Morgan fingerprint density at radius 3 is 1.85 bits per heavy atom. The molecule has 3 heterocycles. The summed E-state index contributed by atoms with van der Waals surface area (Å²) in [4.78, 5) is 100. The van der Waals surface area contributed by atoms with Gasteiger partial charge in [-0.15, -0.1) is 0 Å². The van der Waals surface area contributed by atoms with E-state index >= 15 is 0 Å². The second-order valence-corrected chi connectivity index (χ2v) is 20.1. The van der Waals surface area contributed by atoms with E-state index in [4.69, 9.17) is 0 Å². The van der Waals surface area contributed by atoms with E-state index in [0.717, 1.165) is 74.3 Å². The Bertz CT molecular complexity index is 2110. The fourth-order valence-corrected chi connectivity index (χ4v) is 9.39. The van der Waals surface area contributed by atoms with Crippen LogP contribution in [0.3, 0.4) is 0 Å². The molecule has 15 atom stereocenters. The molecule has 14 N–H and O–H groups in total. The van der Waals surface area contributed by atoms with Crippen molar-refractivity contribution in [1.29, 1.82) is 0 Å². The predicted octanol–water partition coefficient (Wildman–Crippen LogP) is -1.33. The number of rotatable bonds is 20. The van der Waals surface area contributed by atoms with Gasteiger partial charge in [0.1, 0.15) is 60.3 Å². The molecular formula is C52H81N7O16. The Morgan fingerprint density at radius 1 is 0.680 bits per heavy atom. The van der Waals surface area contributed by atoms with Crippen molar-refractivity contribution in [1.82, 2.24) is 36.4 Å². The molecule has 3 fully saturated rings. The van der Waals surface area contributed by atoms with Crippen LogP contribution in [0.25, 0.3) is 0 Å². The number of hydrogen-bond acceptors (Lipinski definition) is 16.